The van der Waals surface area contributed by atoms with Crippen LogP contribution in [-0.4, -0.2) is 53.9 Å². The quantitative estimate of drug-likeness (QED) is 0.634. The fourth-order valence-electron chi connectivity index (χ4n) is 2.20. The Bertz CT molecular complexity index is 457. The average molecular weight is 299 g/mol. The zero-order chi connectivity index (χ0) is 13.8. The predicted molar refractivity (Wildman–Crippen MR) is 69.2 cm³/mol. The Balaban J connectivity index is 2.21. The van der Waals surface area contributed by atoms with E-state index < -0.39 is 20.2 Å². The van der Waals surface area contributed by atoms with Gasteiger partial charge in [0, 0.05) is 6.54 Å². The minimum Gasteiger partial charge on any atom is -0.306 e. The highest BCUT2D eigenvalue weighted by Crippen LogP contribution is 2.20. The molecule has 0 amide bonds. The van der Waals surface area contributed by atoms with Crippen molar-refractivity contribution >= 4 is 20.2 Å². The normalized spacial score (nSPS) is 22.4. The third-order valence-corrected chi connectivity index (χ3v) is 5.58. The van der Waals surface area contributed by atoms with Crippen LogP contribution in [0.2, 0.25) is 0 Å². The van der Waals surface area contributed by atoms with Crippen molar-refractivity contribution in [3.05, 3.63) is 0 Å². The van der Waals surface area contributed by atoms with Gasteiger partial charge in [0.15, 0.2) is 0 Å². The van der Waals surface area contributed by atoms with Gasteiger partial charge in [-0.25, -0.2) is 0 Å². The van der Waals surface area contributed by atoms with Gasteiger partial charge in [0.1, 0.15) is 0 Å². The second kappa shape index (κ2) is 6.31. The van der Waals surface area contributed by atoms with Crippen molar-refractivity contribution in [2.24, 2.45) is 5.92 Å². The van der Waals surface area contributed by atoms with Gasteiger partial charge in [-0.3, -0.25) is 0 Å². The second-order valence-electron chi connectivity index (χ2n) is 4.95. The summed E-state index contributed by atoms with van der Waals surface area (Å²) in [4.78, 5) is 2.26. The Hall–Kier alpha value is -0.180. The fraction of sp³-hybridized carbons (Fsp3) is 1.00. The maximum atomic E-state index is 11.3. The zero-order valence-corrected chi connectivity index (χ0v) is 12.5. The van der Waals surface area contributed by atoms with Crippen LogP contribution in [-0.2, 0) is 23.9 Å². The van der Waals surface area contributed by atoms with Gasteiger partial charge in [0.2, 0.25) is 0 Å². The molecule has 1 unspecified atom stereocenters. The van der Waals surface area contributed by atoms with Crippen LogP contribution in [0.5, 0.6) is 0 Å². The molecule has 0 radical (unpaired) electrons. The van der Waals surface area contributed by atoms with Gasteiger partial charge >= 0.3 is 0 Å². The van der Waals surface area contributed by atoms with Gasteiger partial charge in [0.25, 0.3) is 20.2 Å². The highest BCUT2D eigenvalue weighted by atomic mass is 32.3. The molecule has 0 aromatic rings. The minimum absolute atomic E-state index is 0.234. The predicted octanol–water partition coefficient (Wildman–Crippen LogP) is 0.414. The molecular formula is C10H21NO5S2. The van der Waals surface area contributed by atoms with E-state index in [2.05, 4.69) is 15.6 Å². The molecule has 1 saturated heterocycles. The van der Waals surface area contributed by atoms with E-state index in [1.807, 2.05) is 0 Å². The molecule has 0 N–H and O–H groups in total. The van der Waals surface area contributed by atoms with E-state index in [1.54, 1.807) is 0 Å². The molecule has 0 aliphatic carbocycles. The van der Waals surface area contributed by atoms with E-state index >= 15 is 0 Å². The summed E-state index contributed by atoms with van der Waals surface area (Å²) < 4.78 is 48.1. The Morgan fingerprint density at radius 3 is 2.39 bits per heavy atom. The van der Waals surface area contributed by atoms with Crippen LogP contribution in [0, 0.1) is 5.92 Å². The fourth-order valence-corrected chi connectivity index (χ4v) is 4.53. The van der Waals surface area contributed by atoms with Crippen LogP contribution >= 0.6 is 0 Å². The van der Waals surface area contributed by atoms with E-state index in [4.69, 9.17) is 0 Å². The maximum absolute atomic E-state index is 11.3. The van der Waals surface area contributed by atoms with Crippen molar-refractivity contribution in [2.75, 3.05) is 32.1 Å². The standard InChI is InChI=1S/C10H21NO5S2/c1-11-7-6-10(9-11)5-3-4-8-18(14,15)16-17(2,12)13/h10H,3-9H2,1-2H3. The van der Waals surface area contributed by atoms with Gasteiger partial charge in [-0.15, -0.1) is 3.63 Å². The summed E-state index contributed by atoms with van der Waals surface area (Å²) in [6.45, 7) is 2.16. The Labute approximate surface area is 110 Å². The molecular weight excluding hydrogens is 278 g/mol. The third kappa shape index (κ3) is 6.67. The molecule has 0 aromatic carbocycles. The molecule has 0 aromatic heterocycles. The summed E-state index contributed by atoms with van der Waals surface area (Å²) in [5.41, 5.74) is 0. The summed E-state index contributed by atoms with van der Waals surface area (Å²) in [5, 5.41) is 0. The van der Waals surface area contributed by atoms with Crippen LogP contribution in [0.25, 0.3) is 0 Å². The van der Waals surface area contributed by atoms with Crippen LogP contribution in [0.4, 0.5) is 0 Å². The van der Waals surface area contributed by atoms with Gasteiger partial charge in [0.05, 0.1) is 12.0 Å². The van der Waals surface area contributed by atoms with Crippen molar-refractivity contribution < 1.29 is 20.5 Å². The molecule has 6 nitrogen and oxygen atoms in total. The van der Waals surface area contributed by atoms with Crippen molar-refractivity contribution in [1.29, 1.82) is 0 Å². The SMILES string of the molecule is CN1CCC(CCCCS(=O)(=O)OS(C)(=O)=O)C1. The van der Waals surface area contributed by atoms with E-state index in [-0.39, 0.29) is 5.75 Å². The first-order valence-electron chi connectivity index (χ1n) is 6.00. The lowest BCUT2D eigenvalue weighted by molar-refractivity contribution is 0.384. The number of nitrogens with zero attached hydrogens (tertiary/aromatic N) is 1. The number of hydrogen-bond acceptors (Lipinski definition) is 6. The van der Waals surface area contributed by atoms with Crippen molar-refractivity contribution in [1.82, 2.24) is 4.90 Å². The van der Waals surface area contributed by atoms with Gasteiger partial charge in [-0.05, 0) is 38.8 Å². The Morgan fingerprint density at radius 1 is 1.22 bits per heavy atom. The molecule has 1 atom stereocenters. The van der Waals surface area contributed by atoms with E-state index in [9.17, 15) is 16.8 Å². The summed E-state index contributed by atoms with van der Waals surface area (Å²) in [5.74, 6) is 0.399. The topological polar surface area (TPSA) is 80.8 Å². The van der Waals surface area contributed by atoms with Crippen LogP contribution in [0.1, 0.15) is 25.7 Å². The summed E-state index contributed by atoms with van der Waals surface area (Å²) in [6.07, 6.45) is 4.10. The first kappa shape index (κ1) is 15.9. The smallest absolute Gasteiger partial charge is 0.281 e. The second-order valence-corrected chi connectivity index (χ2v) is 8.42. The largest absolute Gasteiger partial charge is 0.306 e. The Morgan fingerprint density at radius 2 is 1.89 bits per heavy atom. The lowest BCUT2D eigenvalue weighted by Crippen LogP contribution is -2.16. The van der Waals surface area contributed by atoms with Crippen LogP contribution < -0.4 is 0 Å². The number of hydrogen-bond donors (Lipinski definition) is 0. The highest BCUT2D eigenvalue weighted by molar-refractivity contribution is 7.99. The first-order chi connectivity index (χ1) is 8.18. The van der Waals surface area contributed by atoms with Crippen LogP contribution in [0.15, 0.2) is 0 Å². The van der Waals surface area contributed by atoms with Crippen molar-refractivity contribution in [2.45, 2.75) is 25.7 Å². The lowest BCUT2D eigenvalue weighted by Gasteiger charge is -2.09. The molecule has 1 aliphatic heterocycles. The molecule has 0 saturated carbocycles. The molecule has 18 heavy (non-hydrogen) atoms. The molecule has 0 bridgehead atoms. The summed E-state index contributed by atoms with van der Waals surface area (Å²) in [6, 6.07) is 0. The molecule has 1 aliphatic rings. The maximum Gasteiger partial charge on any atom is 0.281 e. The molecule has 108 valence electrons. The number of rotatable bonds is 7. The number of unbranched alkanes of at least 4 members (excludes halogenated alkanes) is 1. The van der Waals surface area contributed by atoms with E-state index in [1.165, 1.54) is 0 Å². The Kier molecular flexibility index (Phi) is 5.57. The summed E-state index contributed by atoms with van der Waals surface area (Å²) in [7, 11) is -5.81. The molecule has 1 fully saturated rings. The van der Waals surface area contributed by atoms with Crippen molar-refractivity contribution in [3.8, 4) is 0 Å². The lowest BCUT2D eigenvalue weighted by atomic mass is 10.0. The average Bonchev–Trinajstić information content (AvgIpc) is 2.55. The number of likely N-dealkylation sites (tertiary alicyclic amines) is 1. The van der Waals surface area contributed by atoms with Crippen molar-refractivity contribution in [3.63, 3.8) is 0 Å². The van der Waals surface area contributed by atoms with Crippen LogP contribution in [0.3, 0.4) is 0 Å². The van der Waals surface area contributed by atoms with Gasteiger partial charge in [-0.1, -0.05) is 6.42 Å². The third-order valence-electron chi connectivity index (χ3n) is 2.97. The molecule has 8 heteroatoms. The molecule has 1 heterocycles. The highest BCUT2D eigenvalue weighted by Gasteiger charge is 2.21. The van der Waals surface area contributed by atoms with E-state index in [0.717, 1.165) is 38.6 Å². The van der Waals surface area contributed by atoms with Gasteiger partial charge < -0.3 is 4.90 Å². The monoisotopic (exact) mass is 299 g/mol. The minimum atomic E-state index is -3.94. The molecule has 0 spiro atoms. The van der Waals surface area contributed by atoms with Gasteiger partial charge in [-0.2, -0.15) is 16.8 Å². The summed E-state index contributed by atoms with van der Waals surface area (Å²) >= 11 is 0. The zero-order valence-electron chi connectivity index (χ0n) is 10.8. The molecule has 1 rings (SSSR count). The first-order valence-corrected chi connectivity index (χ1v) is 9.40. The van der Waals surface area contributed by atoms with E-state index in [0.29, 0.717) is 12.3 Å².